The number of rotatable bonds is 2. The topological polar surface area (TPSA) is 12.0 Å². The summed E-state index contributed by atoms with van der Waals surface area (Å²) in [6.45, 7) is 0.819. The van der Waals surface area contributed by atoms with Crippen LogP contribution < -0.4 is 5.32 Å². The Morgan fingerprint density at radius 2 is 2.29 bits per heavy atom. The van der Waals surface area contributed by atoms with Crippen LogP contribution in [0.3, 0.4) is 0 Å². The molecule has 1 rings (SSSR count). The zero-order valence-corrected chi connectivity index (χ0v) is 9.49. The maximum Gasteiger partial charge on any atom is 0.139 e. The summed E-state index contributed by atoms with van der Waals surface area (Å²) in [4.78, 5) is 0. The Hall–Kier alpha value is -0.850. The summed E-state index contributed by atoms with van der Waals surface area (Å²) in [5, 5.41) is 2.98. The number of hydrogen-bond acceptors (Lipinski definition) is 1. The van der Waals surface area contributed by atoms with Crippen molar-refractivity contribution >= 4 is 15.9 Å². The first kappa shape index (κ1) is 11.2. The van der Waals surface area contributed by atoms with Crippen LogP contribution in [-0.4, -0.2) is 13.6 Å². The highest BCUT2D eigenvalue weighted by Crippen LogP contribution is 2.17. The van der Waals surface area contributed by atoms with Crippen molar-refractivity contribution in [2.45, 2.75) is 6.42 Å². The molecule has 14 heavy (non-hydrogen) atoms. The van der Waals surface area contributed by atoms with Gasteiger partial charge in [-0.2, -0.15) is 0 Å². The van der Waals surface area contributed by atoms with Crippen LogP contribution in [0.2, 0.25) is 0 Å². The monoisotopic (exact) mass is 255 g/mol. The van der Waals surface area contributed by atoms with Crippen molar-refractivity contribution < 1.29 is 4.39 Å². The highest BCUT2D eigenvalue weighted by Gasteiger charge is 2.01. The smallest absolute Gasteiger partial charge is 0.139 e. The van der Waals surface area contributed by atoms with E-state index in [4.69, 9.17) is 0 Å². The largest absolute Gasteiger partial charge is 0.319 e. The van der Waals surface area contributed by atoms with E-state index in [1.807, 2.05) is 7.05 Å². The van der Waals surface area contributed by atoms with E-state index >= 15 is 0 Å². The van der Waals surface area contributed by atoms with Crippen LogP contribution in [0.15, 0.2) is 22.7 Å². The van der Waals surface area contributed by atoms with Crippen LogP contribution in [-0.2, 0) is 0 Å². The zero-order valence-electron chi connectivity index (χ0n) is 7.90. The summed E-state index contributed by atoms with van der Waals surface area (Å²) >= 11 is 3.26. The van der Waals surface area contributed by atoms with Crippen molar-refractivity contribution in [2.24, 2.45) is 0 Å². The predicted molar refractivity (Wildman–Crippen MR) is 59.5 cm³/mol. The lowest BCUT2D eigenvalue weighted by Gasteiger charge is -1.96. The number of hydrogen-bond donors (Lipinski definition) is 1. The van der Waals surface area contributed by atoms with E-state index in [-0.39, 0.29) is 5.82 Å². The normalized spacial score (nSPS) is 9.36. The lowest BCUT2D eigenvalue weighted by molar-refractivity contribution is 0.623. The van der Waals surface area contributed by atoms with E-state index in [1.165, 1.54) is 6.07 Å². The van der Waals surface area contributed by atoms with E-state index < -0.39 is 0 Å². The first-order chi connectivity index (χ1) is 6.75. The molecule has 1 aromatic rings. The molecular formula is C11H11BrFN. The van der Waals surface area contributed by atoms with E-state index in [2.05, 4.69) is 33.1 Å². The molecule has 0 fully saturated rings. The van der Waals surface area contributed by atoms with Gasteiger partial charge >= 0.3 is 0 Å². The second kappa shape index (κ2) is 5.79. The van der Waals surface area contributed by atoms with Crippen LogP contribution >= 0.6 is 15.9 Å². The zero-order chi connectivity index (χ0) is 10.4. The van der Waals surface area contributed by atoms with E-state index in [9.17, 15) is 4.39 Å². The molecule has 1 N–H and O–H groups in total. The van der Waals surface area contributed by atoms with Crippen molar-refractivity contribution in [2.75, 3.05) is 13.6 Å². The Balaban J connectivity index is 2.78. The first-order valence-electron chi connectivity index (χ1n) is 4.33. The second-order valence-electron chi connectivity index (χ2n) is 2.75. The molecule has 1 nitrogen and oxygen atoms in total. The molecule has 0 aliphatic heterocycles. The Morgan fingerprint density at radius 3 is 2.93 bits per heavy atom. The van der Waals surface area contributed by atoms with Gasteiger partial charge in [0.2, 0.25) is 0 Å². The van der Waals surface area contributed by atoms with Crippen LogP contribution in [0.1, 0.15) is 12.0 Å². The molecule has 0 aromatic heterocycles. The molecule has 0 bridgehead atoms. The molecule has 74 valence electrons. The Bertz CT molecular complexity index is 345. The van der Waals surface area contributed by atoms with E-state index in [1.54, 1.807) is 12.1 Å². The van der Waals surface area contributed by atoms with Crippen LogP contribution in [0.25, 0.3) is 0 Å². The molecule has 0 aliphatic rings. The second-order valence-corrected chi connectivity index (χ2v) is 3.61. The molecule has 0 spiro atoms. The number of benzene rings is 1. The van der Waals surface area contributed by atoms with Gasteiger partial charge in [0.15, 0.2) is 0 Å². The minimum absolute atomic E-state index is 0.281. The summed E-state index contributed by atoms with van der Waals surface area (Å²) in [5.74, 6) is 5.42. The number of nitrogens with one attached hydrogen (secondary N) is 1. The Morgan fingerprint density at radius 1 is 1.50 bits per heavy atom. The molecule has 0 aliphatic carbocycles. The van der Waals surface area contributed by atoms with Gasteiger partial charge in [0, 0.05) is 17.4 Å². The molecule has 0 unspecified atom stereocenters. The molecule has 1 aromatic carbocycles. The van der Waals surface area contributed by atoms with Crippen molar-refractivity contribution in [1.82, 2.24) is 5.32 Å². The van der Waals surface area contributed by atoms with Gasteiger partial charge in [-0.1, -0.05) is 17.9 Å². The minimum Gasteiger partial charge on any atom is -0.319 e. The van der Waals surface area contributed by atoms with Gasteiger partial charge in [-0.3, -0.25) is 0 Å². The summed E-state index contributed by atoms with van der Waals surface area (Å²) in [7, 11) is 1.86. The summed E-state index contributed by atoms with van der Waals surface area (Å²) in [6.07, 6.45) is 0.720. The SMILES string of the molecule is CNCCC#Cc1c(F)cccc1Br. The van der Waals surface area contributed by atoms with Gasteiger partial charge in [-0.15, -0.1) is 0 Å². The van der Waals surface area contributed by atoms with Crippen LogP contribution in [0.5, 0.6) is 0 Å². The van der Waals surface area contributed by atoms with Crippen molar-refractivity contribution in [1.29, 1.82) is 0 Å². The van der Waals surface area contributed by atoms with Crippen LogP contribution in [0.4, 0.5) is 4.39 Å². The van der Waals surface area contributed by atoms with Crippen molar-refractivity contribution in [3.63, 3.8) is 0 Å². The Labute approximate surface area is 91.8 Å². The van der Waals surface area contributed by atoms with Gasteiger partial charge in [0.05, 0.1) is 5.56 Å². The molecule has 0 saturated heterocycles. The van der Waals surface area contributed by atoms with E-state index in [0.29, 0.717) is 10.0 Å². The summed E-state index contributed by atoms with van der Waals surface area (Å²) in [6, 6.07) is 4.84. The van der Waals surface area contributed by atoms with Gasteiger partial charge in [0.1, 0.15) is 5.82 Å². The minimum atomic E-state index is -0.281. The average molecular weight is 256 g/mol. The quantitative estimate of drug-likeness (QED) is 0.633. The van der Waals surface area contributed by atoms with Gasteiger partial charge in [-0.25, -0.2) is 4.39 Å². The van der Waals surface area contributed by atoms with Gasteiger partial charge in [0.25, 0.3) is 0 Å². The van der Waals surface area contributed by atoms with Crippen molar-refractivity contribution in [3.05, 3.63) is 34.1 Å². The third kappa shape index (κ3) is 3.13. The van der Waals surface area contributed by atoms with Gasteiger partial charge in [-0.05, 0) is 35.1 Å². The Kier molecular flexibility index (Phi) is 4.64. The maximum absolute atomic E-state index is 13.2. The standard InChI is InChI=1S/C11H11BrFN/c1-14-8-3-2-5-9-10(12)6-4-7-11(9)13/h4,6-7,14H,3,8H2,1H3. The van der Waals surface area contributed by atoms with Crippen LogP contribution in [0, 0.1) is 17.7 Å². The fourth-order valence-corrected chi connectivity index (χ4v) is 1.40. The lowest BCUT2D eigenvalue weighted by Crippen LogP contribution is -2.05. The highest BCUT2D eigenvalue weighted by molar-refractivity contribution is 9.10. The van der Waals surface area contributed by atoms with E-state index in [0.717, 1.165) is 13.0 Å². The fraction of sp³-hybridized carbons (Fsp3) is 0.273. The number of halogens is 2. The molecular weight excluding hydrogens is 245 g/mol. The fourth-order valence-electron chi connectivity index (χ4n) is 0.956. The van der Waals surface area contributed by atoms with Crippen molar-refractivity contribution in [3.8, 4) is 11.8 Å². The predicted octanol–water partition coefficient (Wildman–Crippen LogP) is 2.55. The molecule has 0 atom stereocenters. The summed E-state index contributed by atoms with van der Waals surface area (Å²) in [5.41, 5.74) is 0.434. The first-order valence-corrected chi connectivity index (χ1v) is 5.12. The molecule has 0 heterocycles. The average Bonchev–Trinajstić information content (AvgIpc) is 2.16. The lowest BCUT2D eigenvalue weighted by atomic mass is 10.2. The summed E-state index contributed by atoms with van der Waals surface area (Å²) < 4.78 is 13.9. The molecule has 0 amide bonds. The van der Waals surface area contributed by atoms with Gasteiger partial charge < -0.3 is 5.32 Å². The third-order valence-electron chi connectivity index (χ3n) is 1.68. The molecule has 0 saturated carbocycles. The molecule has 3 heteroatoms. The highest BCUT2D eigenvalue weighted by atomic mass is 79.9. The third-order valence-corrected chi connectivity index (χ3v) is 2.34. The maximum atomic E-state index is 13.2. The molecule has 0 radical (unpaired) electrons.